The fraction of sp³-hybridized carbons (Fsp3) is 0.667. The third kappa shape index (κ3) is 2.43. The van der Waals surface area contributed by atoms with Crippen LogP contribution in [0.4, 0.5) is 8.78 Å². The van der Waals surface area contributed by atoms with Crippen molar-refractivity contribution in [3.8, 4) is 0 Å². The van der Waals surface area contributed by atoms with E-state index < -0.39 is 6.43 Å². The first-order valence-corrected chi connectivity index (χ1v) is 6.68. The minimum absolute atomic E-state index is 0.207. The predicted molar refractivity (Wildman–Crippen MR) is 63.4 cm³/mol. The molecular weight excluding hydrogens is 228 g/mol. The normalized spacial score (nSPS) is 19.4. The summed E-state index contributed by atoms with van der Waals surface area (Å²) in [7, 11) is 0. The van der Waals surface area contributed by atoms with Crippen molar-refractivity contribution in [1.29, 1.82) is 0 Å². The Morgan fingerprint density at radius 1 is 1.56 bits per heavy atom. The van der Waals surface area contributed by atoms with Crippen LogP contribution in [0.3, 0.4) is 0 Å². The first kappa shape index (κ1) is 12.0. The lowest BCUT2D eigenvalue weighted by Gasteiger charge is -2.10. The summed E-state index contributed by atoms with van der Waals surface area (Å²) < 4.78 is 24.0. The molecule has 16 heavy (non-hydrogen) atoms. The smallest absolute Gasteiger partial charge is 0.250 e. The number of alkyl halides is 2. The minimum Gasteiger partial charge on any atom is -0.307 e. The van der Waals surface area contributed by atoms with E-state index in [9.17, 15) is 8.78 Å². The van der Waals surface area contributed by atoms with Gasteiger partial charge in [-0.15, -0.1) is 11.3 Å². The van der Waals surface area contributed by atoms with Crippen LogP contribution in [-0.2, 0) is 13.0 Å². The van der Waals surface area contributed by atoms with E-state index in [2.05, 4.69) is 17.6 Å². The molecule has 2 rings (SSSR count). The monoisotopic (exact) mass is 245 g/mol. The molecule has 1 aliphatic rings. The molecule has 0 saturated heterocycles. The average Bonchev–Trinajstić information content (AvgIpc) is 2.79. The van der Waals surface area contributed by atoms with Crippen LogP contribution in [0.2, 0.25) is 0 Å². The molecule has 0 amide bonds. The van der Waals surface area contributed by atoms with Crippen LogP contribution in [0.1, 0.15) is 41.7 Å². The molecule has 1 aromatic heterocycles. The van der Waals surface area contributed by atoms with Gasteiger partial charge in [-0.1, -0.05) is 6.92 Å². The van der Waals surface area contributed by atoms with E-state index >= 15 is 0 Å². The number of nitrogens with one attached hydrogen (secondary N) is 1. The Morgan fingerprint density at radius 2 is 2.38 bits per heavy atom. The van der Waals surface area contributed by atoms with Crippen molar-refractivity contribution in [2.45, 2.75) is 45.1 Å². The second-order valence-corrected chi connectivity index (χ2v) is 5.23. The van der Waals surface area contributed by atoms with Gasteiger partial charge >= 0.3 is 0 Å². The molecule has 90 valence electrons. The van der Waals surface area contributed by atoms with Gasteiger partial charge in [0.25, 0.3) is 6.43 Å². The van der Waals surface area contributed by atoms with Gasteiger partial charge in [0, 0.05) is 11.4 Å². The van der Waals surface area contributed by atoms with E-state index in [-0.39, 0.29) is 6.54 Å². The summed E-state index contributed by atoms with van der Waals surface area (Å²) in [5.41, 5.74) is 2.69. The van der Waals surface area contributed by atoms with E-state index in [4.69, 9.17) is 0 Å². The van der Waals surface area contributed by atoms with E-state index in [1.807, 2.05) is 0 Å². The largest absolute Gasteiger partial charge is 0.307 e. The maximum Gasteiger partial charge on any atom is 0.250 e. The van der Waals surface area contributed by atoms with Gasteiger partial charge in [-0.2, -0.15) is 0 Å². The first-order valence-electron chi connectivity index (χ1n) is 5.80. The summed E-state index contributed by atoms with van der Waals surface area (Å²) in [6.07, 6.45) is 1.31. The van der Waals surface area contributed by atoms with E-state index in [0.29, 0.717) is 12.5 Å². The molecule has 1 N–H and O–H groups in total. The number of halogens is 2. The van der Waals surface area contributed by atoms with Gasteiger partial charge in [-0.3, -0.25) is 0 Å². The van der Waals surface area contributed by atoms with Gasteiger partial charge in [-0.05, 0) is 41.7 Å². The van der Waals surface area contributed by atoms with Crippen LogP contribution in [0, 0.1) is 0 Å². The van der Waals surface area contributed by atoms with Crippen molar-refractivity contribution in [2.24, 2.45) is 0 Å². The Hall–Kier alpha value is -0.480. The zero-order valence-corrected chi connectivity index (χ0v) is 10.2. The highest BCUT2D eigenvalue weighted by Gasteiger charge is 2.25. The topological polar surface area (TPSA) is 12.0 Å². The van der Waals surface area contributed by atoms with Gasteiger partial charge < -0.3 is 5.32 Å². The van der Waals surface area contributed by atoms with Crippen molar-refractivity contribution in [3.63, 3.8) is 0 Å². The van der Waals surface area contributed by atoms with Crippen LogP contribution in [-0.4, -0.2) is 13.0 Å². The van der Waals surface area contributed by atoms with Crippen LogP contribution in [0.25, 0.3) is 0 Å². The summed E-state index contributed by atoms with van der Waals surface area (Å²) in [6, 6.07) is 0. The zero-order chi connectivity index (χ0) is 11.5. The molecule has 1 aliphatic carbocycles. The van der Waals surface area contributed by atoms with Crippen LogP contribution < -0.4 is 5.32 Å². The maximum atomic E-state index is 12.0. The molecule has 0 aromatic carbocycles. The summed E-state index contributed by atoms with van der Waals surface area (Å²) in [4.78, 5) is 1.47. The lowest BCUT2D eigenvalue weighted by Crippen LogP contribution is -2.21. The Kier molecular flexibility index (Phi) is 3.92. The molecule has 1 aromatic rings. The molecule has 4 heteroatoms. The molecule has 0 saturated carbocycles. The van der Waals surface area contributed by atoms with E-state index in [1.54, 1.807) is 11.3 Å². The highest BCUT2D eigenvalue weighted by atomic mass is 32.1. The van der Waals surface area contributed by atoms with Crippen LogP contribution in [0.5, 0.6) is 0 Å². The van der Waals surface area contributed by atoms with Gasteiger partial charge in [0.1, 0.15) is 0 Å². The molecule has 0 fully saturated rings. The van der Waals surface area contributed by atoms with Crippen molar-refractivity contribution >= 4 is 11.3 Å². The average molecular weight is 245 g/mol. The summed E-state index contributed by atoms with van der Waals surface area (Å²) in [5, 5.41) is 4.95. The highest BCUT2D eigenvalue weighted by Crippen LogP contribution is 2.41. The van der Waals surface area contributed by atoms with Gasteiger partial charge in [0.2, 0.25) is 0 Å². The third-order valence-corrected chi connectivity index (χ3v) is 4.34. The Labute approximate surface area is 98.9 Å². The summed E-state index contributed by atoms with van der Waals surface area (Å²) in [5.74, 6) is 0.657. The molecular formula is C12H17F2NS. The van der Waals surface area contributed by atoms with Crippen molar-refractivity contribution in [3.05, 3.63) is 21.4 Å². The Balaban J connectivity index is 2.00. The van der Waals surface area contributed by atoms with Crippen molar-refractivity contribution in [1.82, 2.24) is 5.32 Å². The molecule has 1 atom stereocenters. The van der Waals surface area contributed by atoms with Gasteiger partial charge in [0.05, 0.1) is 6.54 Å². The third-order valence-electron chi connectivity index (χ3n) is 3.22. The molecule has 0 bridgehead atoms. The number of rotatable bonds is 5. The number of hydrogen-bond acceptors (Lipinski definition) is 2. The second-order valence-electron chi connectivity index (χ2n) is 4.26. The molecule has 0 radical (unpaired) electrons. The lowest BCUT2D eigenvalue weighted by atomic mass is 9.97. The van der Waals surface area contributed by atoms with E-state index in [1.165, 1.54) is 28.8 Å². The molecule has 0 aliphatic heterocycles. The summed E-state index contributed by atoms with van der Waals surface area (Å²) in [6.45, 7) is 2.59. The fourth-order valence-electron chi connectivity index (χ4n) is 2.44. The van der Waals surface area contributed by atoms with Crippen LogP contribution >= 0.6 is 11.3 Å². The SMILES string of the molecule is CCC1CCc2scc(CNCC(F)F)c21. The minimum atomic E-state index is -2.26. The molecule has 1 unspecified atom stereocenters. The van der Waals surface area contributed by atoms with Gasteiger partial charge in [-0.25, -0.2) is 8.78 Å². The number of thiophene rings is 1. The Bertz CT molecular complexity index is 349. The first-order chi connectivity index (χ1) is 7.72. The van der Waals surface area contributed by atoms with Gasteiger partial charge in [0.15, 0.2) is 0 Å². The van der Waals surface area contributed by atoms with Crippen molar-refractivity contribution in [2.75, 3.05) is 6.54 Å². The predicted octanol–water partition coefficient (Wildman–Crippen LogP) is 3.54. The molecule has 1 heterocycles. The second kappa shape index (κ2) is 5.23. The standard InChI is InChI=1S/C12H17F2NS/c1-2-8-3-4-10-12(8)9(7-16-10)5-15-6-11(13)14/h7-8,11,15H,2-6H2,1H3. The molecule has 0 spiro atoms. The maximum absolute atomic E-state index is 12.0. The quantitative estimate of drug-likeness (QED) is 0.836. The van der Waals surface area contributed by atoms with Crippen molar-refractivity contribution < 1.29 is 8.78 Å². The lowest BCUT2D eigenvalue weighted by molar-refractivity contribution is 0.145. The Morgan fingerprint density at radius 3 is 3.06 bits per heavy atom. The fourth-order valence-corrected chi connectivity index (χ4v) is 3.60. The zero-order valence-electron chi connectivity index (χ0n) is 9.43. The number of aryl methyl sites for hydroxylation is 1. The summed E-state index contributed by atoms with van der Waals surface area (Å²) >= 11 is 1.79. The van der Waals surface area contributed by atoms with E-state index in [0.717, 1.165) is 6.42 Å². The number of fused-ring (bicyclic) bond motifs is 1. The highest BCUT2D eigenvalue weighted by molar-refractivity contribution is 7.10. The van der Waals surface area contributed by atoms with Crippen LogP contribution in [0.15, 0.2) is 5.38 Å². The number of hydrogen-bond donors (Lipinski definition) is 1. The molecule has 1 nitrogen and oxygen atoms in total.